The molecule has 3 aromatic carbocycles. The van der Waals surface area contributed by atoms with Crippen molar-refractivity contribution in [1.82, 2.24) is 5.32 Å². The second kappa shape index (κ2) is 12.8. The largest absolute Gasteiger partial charge is 0.384 e. The molecule has 4 rings (SSSR count). The molecule has 0 radical (unpaired) electrons. The lowest BCUT2D eigenvalue weighted by atomic mass is 9.79. The lowest BCUT2D eigenvalue weighted by Crippen LogP contribution is -2.22. The molecule has 0 bridgehead atoms. The second-order valence-corrected chi connectivity index (χ2v) is 10.0. The molecule has 3 aromatic rings. The topological polar surface area (TPSA) is 58.2 Å². The number of hydrogen-bond acceptors (Lipinski definition) is 3. The first-order chi connectivity index (χ1) is 18.9. The number of benzene rings is 3. The zero-order valence-electron chi connectivity index (χ0n) is 22.9. The zero-order valence-corrected chi connectivity index (χ0v) is 22.9. The van der Waals surface area contributed by atoms with Crippen LogP contribution in [0, 0.1) is 18.7 Å². The van der Waals surface area contributed by atoms with Gasteiger partial charge in [0.2, 0.25) is 0 Å². The number of likely N-dealkylation sites (N-methyl/N-ethyl adjacent to an activating group) is 1. The lowest BCUT2D eigenvalue weighted by Gasteiger charge is -2.24. The van der Waals surface area contributed by atoms with Crippen LogP contribution >= 0.6 is 0 Å². The Morgan fingerprint density at radius 3 is 2.36 bits per heavy atom. The first-order valence-corrected chi connectivity index (χ1v) is 13.7. The van der Waals surface area contributed by atoms with E-state index in [2.05, 4.69) is 10.6 Å². The Hall–Kier alpha value is -3.80. The molecule has 6 heteroatoms. The highest BCUT2D eigenvalue weighted by Gasteiger charge is 2.27. The highest BCUT2D eigenvalue weighted by atomic mass is 19.1. The summed E-state index contributed by atoms with van der Waals surface area (Å²) in [6.45, 7) is 3.94. The molecular weight excluding hydrogens is 494 g/mol. The Morgan fingerprint density at radius 2 is 1.74 bits per heavy atom. The number of carbonyl (C=O) groups excluding carboxylic acids is 2. The molecule has 1 aliphatic carbocycles. The van der Waals surface area contributed by atoms with Crippen LogP contribution < -0.4 is 10.6 Å². The number of halogens is 2. The summed E-state index contributed by atoms with van der Waals surface area (Å²) in [7, 11) is 1.60. The minimum absolute atomic E-state index is 0.0848. The Bertz CT molecular complexity index is 1370. The fourth-order valence-electron chi connectivity index (χ4n) is 5.12. The van der Waals surface area contributed by atoms with Gasteiger partial charge in [0.05, 0.1) is 12.2 Å². The molecule has 4 nitrogen and oxygen atoms in total. The van der Waals surface area contributed by atoms with Gasteiger partial charge in [0.15, 0.2) is 5.78 Å². The van der Waals surface area contributed by atoms with Crippen molar-refractivity contribution in [3.8, 4) is 11.1 Å². The fourth-order valence-corrected chi connectivity index (χ4v) is 5.12. The van der Waals surface area contributed by atoms with Crippen LogP contribution in [0.15, 0.2) is 60.7 Å². The number of Topliss-reactive ketones (excluding diaryl/α,β-unsaturated/α-hetero) is 1. The molecule has 1 aliphatic rings. The van der Waals surface area contributed by atoms with E-state index in [0.29, 0.717) is 30.5 Å². The van der Waals surface area contributed by atoms with Gasteiger partial charge in [-0.05, 0) is 90.8 Å². The van der Waals surface area contributed by atoms with Crippen LogP contribution in [-0.4, -0.2) is 32.0 Å². The first-order valence-electron chi connectivity index (χ1n) is 13.7. The summed E-state index contributed by atoms with van der Waals surface area (Å²) in [5, 5.41) is 6.13. The van der Waals surface area contributed by atoms with Crippen LogP contribution in [0.5, 0.6) is 0 Å². The van der Waals surface area contributed by atoms with Gasteiger partial charge in [0.1, 0.15) is 5.82 Å². The number of rotatable bonds is 11. The van der Waals surface area contributed by atoms with E-state index in [0.717, 1.165) is 58.3 Å². The summed E-state index contributed by atoms with van der Waals surface area (Å²) >= 11 is 0. The highest BCUT2D eigenvalue weighted by molar-refractivity contribution is 6.27. The normalized spacial score (nSPS) is 13.9. The maximum Gasteiger partial charge on any atom is 0.251 e. The number of aryl methyl sites for hydroxylation is 1. The van der Waals surface area contributed by atoms with Crippen molar-refractivity contribution in [2.75, 3.05) is 25.6 Å². The average Bonchev–Trinajstić information content (AvgIpc) is 2.91. The molecule has 1 saturated carbocycles. The van der Waals surface area contributed by atoms with E-state index < -0.39 is 6.67 Å². The summed E-state index contributed by atoms with van der Waals surface area (Å²) in [5.41, 5.74) is 6.88. The number of anilines is 1. The number of allylic oxidation sites excluding steroid dienone is 1. The second-order valence-electron chi connectivity index (χ2n) is 10.0. The average molecular weight is 531 g/mol. The van der Waals surface area contributed by atoms with Gasteiger partial charge in [-0.15, -0.1) is 0 Å². The van der Waals surface area contributed by atoms with Crippen molar-refractivity contribution in [2.24, 2.45) is 5.92 Å². The predicted octanol–water partition coefficient (Wildman–Crippen LogP) is 7.62. The molecule has 0 saturated heterocycles. The molecule has 204 valence electrons. The van der Waals surface area contributed by atoms with E-state index in [1.165, 1.54) is 12.1 Å². The third-order valence-electron chi connectivity index (χ3n) is 7.50. The highest BCUT2D eigenvalue weighted by Crippen LogP contribution is 2.38. The first kappa shape index (κ1) is 28.2. The lowest BCUT2D eigenvalue weighted by molar-refractivity contribution is -0.115. The van der Waals surface area contributed by atoms with Crippen molar-refractivity contribution in [3.63, 3.8) is 0 Å². The minimum Gasteiger partial charge on any atom is -0.384 e. The van der Waals surface area contributed by atoms with Crippen molar-refractivity contribution >= 4 is 28.5 Å². The van der Waals surface area contributed by atoms with E-state index in [4.69, 9.17) is 0 Å². The van der Waals surface area contributed by atoms with Gasteiger partial charge in [-0.1, -0.05) is 43.7 Å². The van der Waals surface area contributed by atoms with Crippen molar-refractivity contribution in [3.05, 3.63) is 88.7 Å². The molecule has 0 aromatic heterocycles. The van der Waals surface area contributed by atoms with Crippen LogP contribution in [0.4, 0.5) is 14.5 Å². The number of nitrogens with one attached hydrogen (secondary N) is 2. The van der Waals surface area contributed by atoms with Gasteiger partial charge >= 0.3 is 0 Å². The Morgan fingerprint density at radius 1 is 1.00 bits per heavy atom. The number of amides is 1. The van der Waals surface area contributed by atoms with E-state index in [9.17, 15) is 18.4 Å². The molecule has 0 aliphatic heterocycles. The van der Waals surface area contributed by atoms with Gasteiger partial charge in [0, 0.05) is 36.3 Å². The molecule has 0 unspecified atom stereocenters. The smallest absolute Gasteiger partial charge is 0.251 e. The number of alkyl halides is 1. The molecule has 1 fully saturated rings. The Kier molecular flexibility index (Phi) is 9.28. The zero-order chi connectivity index (χ0) is 27.9. The van der Waals surface area contributed by atoms with Gasteiger partial charge < -0.3 is 10.6 Å². The van der Waals surface area contributed by atoms with Crippen molar-refractivity contribution in [2.45, 2.75) is 46.0 Å². The molecule has 0 heterocycles. The summed E-state index contributed by atoms with van der Waals surface area (Å²) in [6, 6.07) is 17.7. The Labute approximate surface area is 229 Å². The maximum absolute atomic E-state index is 13.7. The summed E-state index contributed by atoms with van der Waals surface area (Å²) in [6.07, 6.45) is 3.87. The van der Waals surface area contributed by atoms with Crippen LogP contribution in [0.25, 0.3) is 22.3 Å². The van der Waals surface area contributed by atoms with Crippen LogP contribution in [0.1, 0.15) is 66.1 Å². The molecule has 0 spiro atoms. The predicted molar refractivity (Wildman–Crippen MR) is 155 cm³/mol. The van der Waals surface area contributed by atoms with Gasteiger partial charge in [0.25, 0.3) is 5.91 Å². The van der Waals surface area contributed by atoms with Crippen LogP contribution in [0.3, 0.4) is 0 Å². The van der Waals surface area contributed by atoms with Crippen molar-refractivity contribution < 1.29 is 18.4 Å². The third-order valence-corrected chi connectivity index (χ3v) is 7.50. The van der Waals surface area contributed by atoms with Crippen LogP contribution in [-0.2, 0) is 4.79 Å². The van der Waals surface area contributed by atoms with Gasteiger partial charge in [-0.25, -0.2) is 4.39 Å². The van der Waals surface area contributed by atoms with Gasteiger partial charge in [-0.3, -0.25) is 14.0 Å². The fraction of sp³-hybridized carbons (Fsp3) is 0.333. The monoisotopic (exact) mass is 530 g/mol. The number of ketones is 1. The van der Waals surface area contributed by atoms with E-state index >= 15 is 0 Å². The third kappa shape index (κ3) is 6.27. The van der Waals surface area contributed by atoms with Crippen LogP contribution in [0.2, 0.25) is 0 Å². The van der Waals surface area contributed by atoms with Gasteiger partial charge in [-0.2, -0.15) is 0 Å². The SMILES string of the molecule is CC/C(=C(/C(=O)NC)c1cc(-c2cccc(C(=O)C3CCC3)c2)c(NCCCF)cc1C)c1ccc(F)cc1. The molecular formula is C33H36F2N2O2. The van der Waals surface area contributed by atoms with E-state index in [-0.39, 0.29) is 23.4 Å². The van der Waals surface area contributed by atoms with Crippen molar-refractivity contribution in [1.29, 1.82) is 0 Å². The molecule has 39 heavy (non-hydrogen) atoms. The quantitative estimate of drug-likeness (QED) is 0.116. The summed E-state index contributed by atoms with van der Waals surface area (Å²) < 4.78 is 26.6. The molecule has 2 N–H and O–H groups in total. The molecule has 1 amide bonds. The summed E-state index contributed by atoms with van der Waals surface area (Å²) in [5.74, 6) is -0.328. The van der Waals surface area contributed by atoms with E-state index in [1.807, 2.05) is 50.2 Å². The van der Waals surface area contributed by atoms with E-state index in [1.54, 1.807) is 19.2 Å². The number of carbonyl (C=O) groups is 2. The molecule has 0 atom stereocenters. The number of hydrogen-bond donors (Lipinski definition) is 2. The Balaban J connectivity index is 1.91. The minimum atomic E-state index is -0.425. The standard InChI is InChI=1S/C33H36F2N2O2/c1-4-27(22-12-14-26(35)15-13-22)31(33(39)36-3)28-20-29(30(18-21(28)2)37-17-7-16-34)24-10-6-11-25(19-24)32(38)23-8-5-9-23/h6,10-15,18-20,23,37H,4-5,7-9,16-17H2,1-3H3,(H,36,39)/b31-27-. The summed E-state index contributed by atoms with van der Waals surface area (Å²) in [4.78, 5) is 26.4. The maximum atomic E-state index is 13.7.